The van der Waals surface area contributed by atoms with Crippen LogP contribution >= 0.6 is 0 Å². The first-order valence-corrected chi connectivity index (χ1v) is 6.15. The van der Waals surface area contributed by atoms with E-state index in [4.69, 9.17) is 0 Å². The van der Waals surface area contributed by atoms with Gasteiger partial charge in [0.2, 0.25) is 0 Å². The van der Waals surface area contributed by atoms with E-state index < -0.39 is 0 Å². The Kier molecular flexibility index (Phi) is 5.78. The first-order chi connectivity index (χ1) is 7.90. The standard InChI is InChI=1S/C10H16N4.C2H6/c1-2-13-7-4-3-5-10(9-13)14-8-6-11-12-14;1-2/h3,5-6,8,10H,2,4,7,9H2,1H3;1-2H3. The Labute approximate surface area is 97.9 Å². The molecular weight excluding hydrogens is 200 g/mol. The molecule has 0 bridgehead atoms. The third kappa shape index (κ3) is 3.45. The van der Waals surface area contributed by atoms with E-state index in [9.17, 15) is 0 Å². The molecular formula is C12H22N4. The van der Waals surface area contributed by atoms with Crippen LogP contribution in [-0.4, -0.2) is 39.5 Å². The van der Waals surface area contributed by atoms with Crippen LogP contribution in [0.2, 0.25) is 0 Å². The maximum atomic E-state index is 4.04. The van der Waals surface area contributed by atoms with Crippen molar-refractivity contribution in [1.29, 1.82) is 0 Å². The van der Waals surface area contributed by atoms with Gasteiger partial charge in [-0.2, -0.15) is 0 Å². The van der Waals surface area contributed by atoms with E-state index in [2.05, 4.69) is 34.3 Å². The predicted octanol–water partition coefficient (Wildman–Crippen LogP) is 2.13. The summed E-state index contributed by atoms with van der Waals surface area (Å²) in [6.07, 6.45) is 9.26. The summed E-state index contributed by atoms with van der Waals surface area (Å²) in [6.45, 7) is 9.49. The second kappa shape index (κ2) is 7.17. The van der Waals surface area contributed by atoms with E-state index in [0.717, 1.165) is 26.1 Å². The number of nitrogens with zero attached hydrogens (tertiary/aromatic N) is 4. The fourth-order valence-electron chi connectivity index (χ4n) is 1.78. The van der Waals surface area contributed by atoms with Gasteiger partial charge in [0.25, 0.3) is 0 Å². The molecule has 4 nitrogen and oxygen atoms in total. The number of aromatic nitrogens is 3. The van der Waals surface area contributed by atoms with Gasteiger partial charge in [0.05, 0.1) is 12.2 Å². The third-order valence-corrected chi connectivity index (χ3v) is 2.64. The van der Waals surface area contributed by atoms with Crippen LogP contribution in [0.15, 0.2) is 24.5 Å². The van der Waals surface area contributed by atoms with Crippen LogP contribution in [0.1, 0.15) is 33.2 Å². The second-order valence-corrected chi connectivity index (χ2v) is 3.56. The minimum atomic E-state index is 0.347. The zero-order valence-electron chi connectivity index (χ0n) is 10.5. The molecule has 2 rings (SSSR count). The van der Waals surface area contributed by atoms with Crippen molar-refractivity contribution >= 4 is 0 Å². The van der Waals surface area contributed by atoms with Crippen molar-refractivity contribution in [2.75, 3.05) is 19.6 Å². The highest BCUT2D eigenvalue weighted by molar-refractivity contribution is 4.96. The molecule has 1 aromatic heterocycles. The van der Waals surface area contributed by atoms with Gasteiger partial charge in [-0.1, -0.05) is 38.1 Å². The molecule has 16 heavy (non-hydrogen) atoms. The van der Waals surface area contributed by atoms with E-state index in [1.807, 2.05) is 24.7 Å². The fraction of sp³-hybridized carbons (Fsp3) is 0.667. The molecule has 2 heterocycles. The van der Waals surface area contributed by atoms with Gasteiger partial charge in [0.15, 0.2) is 0 Å². The van der Waals surface area contributed by atoms with Crippen LogP contribution in [0.5, 0.6) is 0 Å². The van der Waals surface area contributed by atoms with Crippen LogP contribution < -0.4 is 0 Å². The van der Waals surface area contributed by atoms with E-state index in [1.165, 1.54) is 0 Å². The smallest absolute Gasteiger partial charge is 0.0843 e. The Bertz CT molecular complexity index is 292. The highest BCUT2D eigenvalue weighted by Gasteiger charge is 2.14. The van der Waals surface area contributed by atoms with Gasteiger partial charge in [-0.25, -0.2) is 4.68 Å². The number of likely N-dealkylation sites (N-methyl/N-ethyl adjacent to an activating group) is 1. The summed E-state index contributed by atoms with van der Waals surface area (Å²) in [6, 6.07) is 0.347. The molecule has 0 saturated carbocycles. The molecule has 0 aliphatic carbocycles. The van der Waals surface area contributed by atoms with Crippen molar-refractivity contribution < 1.29 is 0 Å². The zero-order chi connectivity index (χ0) is 11.8. The zero-order valence-corrected chi connectivity index (χ0v) is 10.5. The monoisotopic (exact) mass is 222 g/mol. The van der Waals surface area contributed by atoms with Gasteiger partial charge in [0.1, 0.15) is 0 Å². The van der Waals surface area contributed by atoms with Gasteiger partial charge >= 0.3 is 0 Å². The number of hydrogen-bond acceptors (Lipinski definition) is 3. The molecule has 0 N–H and O–H groups in total. The molecule has 1 atom stereocenters. The van der Waals surface area contributed by atoms with Crippen LogP contribution in [0.25, 0.3) is 0 Å². The molecule has 0 aromatic carbocycles. The molecule has 0 saturated heterocycles. The highest BCUT2D eigenvalue weighted by atomic mass is 15.4. The fourth-order valence-corrected chi connectivity index (χ4v) is 1.78. The summed E-state index contributed by atoms with van der Waals surface area (Å²) >= 11 is 0. The summed E-state index contributed by atoms with van der Waals surface area (Å²) in [5, 5.41) is 7.88. The Morgan fingerprint density at radius 1 is 1.38 bits per heavy atom. The van der Waals surface area contributed by atoms with Gasteiger partial charge in [-0.05, 0) is 13.0 Å². The van der Waals surface area contributed by atoms with Crippen molar-refractivity contribution in [3.8, 4) is 0 Å². The van der Waals surface area contributed by atoms with E-state index in [1.54, 1.807) is 6.20 Å². The van der Waals surface area contributed by atoms with Crippen molar-refractivity contribution in [1.82, 2.24) is 19.9 Å². The van der Waals surface area contributed by atoms with Crippen LogP contribution in [0, 0.1) is 0 Å². The lowest BCUT2D eigenvalue weighted by molar-refractivity contribution is 0.264. The van der Waals surface area contributed by atoms with Crippen molar-refractivity contribution in [3.63, 3.8) is 0 Å². The van der Waals surface area contributed by atoms with Crippen LogP contribution in [0.4, 0.5) is 0 Å². The molecule has 0 fully saturated rings. The number of rotatable bonds is 2. The Morgan fingerprint density at radius 3 is 2.81 bits per heavy atom. The lowest BCUT2D eigenvalue weighted by Crippen LogP contribution is -2.29. The van der Waals surface area contributed by atoms with Gasteiger partial charge in [-0.3, -0.25) is 0 Å². The topological polar surface area (TPSA) is 34.0 Å². The average molecular weight is 222 g/mol. The SMILES string of the molecule is CC.CCN1CCC=CC(n2ccnn2)C1. The molecule has 0 radical (unpaired) electrons. The largest absolute Gasteiger partial charge is 0.301 e. The van der Waals surface area contributed by atoms with Crippen molar-refractivity contribution in [2.24, 2.45) is 0 Å². The van der Waals surface area contributed by atoms with Crippen molar-refractivity contribution in [2.45, 2.75) is 33.2 Å². The van der Waals surface area contributed by atoms with Gasteiger partial charge < -0.3 is 4.90 Å². The molecule has 1 aromatic rings. The maximum Gasteiger partial charge on any atom is 0.0843 e. The normalized spacial score (nSPS) is 21.1. The summed E-state index contributed by atoms with van der Waals surface area (Å²) < 4.78 is 1.92. The maximum absolute atomic E-state index is 4.04. The Morgan fingerprint density at radius 2 is 2.19 bits per heavy atom. The lowest BCUT2D eigenvalue weighted by atomic mass is 10.2. The van der Waals surface area contributed by atoms with Crippen LogP contribution in [-0.2, 0) is 0 Å². The summed E-state index contributed by atoms with van der Waals surface area (Å²) in [7, 11) is 0. The molecule has 1 aliphatic rings. The van der Waals surface area contributed by atoms with Gasteiger partial charge in [-0.15, -0.1) is 5.10 Å². The predicted molar refractivity (Wildman–Crippen MR) is 66.3 cm³/mol. The first-order valence-electron chi connectivity index (χ1n) is 6.15. The molecule has 0 spiro atoms. The number of hydrogen-bond donors (Lipinski definition) is 0. The summed E-state index contributed by atoms with van der Waals surface area (Å²) in [5.41, 5.74) is 0. The van der Waals surface area contributed by atoms with E-state index in [0.29, 0.717) is 6.04 Å². The first kappa shape index (κ1) is 12.9. The van der Waals surface area contributed by atoms with E-state index in [-0.39, 0.29) is 0 Å². The average Bonchev–Trinajstić information content (AvgIpc) is 2.77. The van der Waals surface area contributed by atoms with E-state index >= 15 is 0 Å². The molecule has 1 aliphatic heterocycles. The Hall–Kier alpha value is -1.16. The molecule has 0 amide bonds. The lowest BCUT2D eigenvalue weighted by Gasteiger charge is -2.21. The highest BCUT2D eigenvalue weighted by Crippen LogP contribution is 2.13. The van der Waals surface area contributed by atoms with Crippen molar-refractivity contribution in [3.05, 3.63) is 24.5 Å². The van der Waals surface area contributed by atoms with Gasteiger partial charge in [0, 0.05) is 19.3 Å². The second-order valence-electron chi connectivity index (χ2n) is 3.56. The summed E-state index contributed by atoms with van der Waals surface area (Å²) in [5.74, 6) is 0. The minimum Gasteiger partial charge on any atom is -0.301 e. The molecule has 4 heteroatoms. The molecule has 90 valence electrons. The minimum absolute atomic E-state index is 0.347. The molecule has 1 unspecified atom stereocenters. The summed E-state index contributed by atoms with van der Waals surface area (Å²) in [4.78, 5) is 2.44. The third-order valence-electron chi connectivity index (χ3n) is 2.64. The quantitative estimate of drug-likeness (QED) is 0.719. The Balaban J connectivity index is 0.000000606. The van der Waals surface area contributed by atoms with Crippen LogP contribution in [0.3, 0.4) is 0 Å².